The van der Waals surface area contributed by atoms with E-state index in [2.05, 4.69) is 4.90 Å². The molecule has 1 aliphatic rings. The van der Waals surface area contributed by atoms with Crippen LogP contribution in [0.1, 0.15) is 38.9 Å². The summed E-state index contributed by atoms with van der Waals surface area (Å²) in [4.78, 5) is 14.2. The van der Waals surface area contributed by atoms with E-state index < -0.39 is 5.60 Å². The highest BCUT2D eigenvalue weighted by Crippen LogP contribution is 2.26. The molecule has 1 atom stereocenters. The molecular weight excluding hydrogens is 354 g/mol. The fourth-order valence-corrected chi connectivity index (χ4v) is 3.12. The largest absolute Gasteiger partial charge is 0.460 e. The summed E-state index contributed by atoms with van der Waals surface area (Å²) in [5.74, 6) is 1.46. The minimum Gasteiger partial charge on any atom is -0.460 e. The summed E-state index contributed by atoms with van der Waals surface area (Å²) in [5, 5.41) is 0. The van der Waals surface area contributed by atoms with Gasteiger partial charge in [0, 0.05) is 19.6 Å². The highest BCUT2D eigenvalue weighted by atomic mass is 16.6. The van der Waals surface area contributed by atoms with Crippen molar-refractivity contribution in [3.8, 4) is 11.5 Å². The first-order chi connectivity index (χ1) is 13.4. The van der Waals surface area contributed by atoms with E-state index in [-0.39, 0.29) is 12.1 Å². The van der Waals surface area contributed by atoms with E-state index in [1.807, 2.05) is 75.4 Å². The van der Waals surface area contributed by atoms with Crippen molar-refractivity contribution in [3.05, 3.63) is 60.2 Å². The van der Waals surface area contributed by atoms with E-state index in [0.29, 0.717) is 19.6 Å². The first-order valence-corrected chi connectivity index (χ1v) is 9.78. The molecule has 2 aromatic rings. The Morgan fingerprint density at radius 3 is 2.43 bits per heavy atom. The number of rotatable bonds is 6. The van der Waals surface area contributed by atoms with E-state index in [4.69, 9.17) is 14.2 Å². The monoisotopic (exact) mass is 383 g/mol. The fraction of sp³-hybridized carbons (Fsp3) is 0.435. The minimum atomic E-state index is -0.436. The second kappa shape index (κ2) is 9.22. The average Bonchev–Trinajstić information content (AvgIpc) is 2.67. The van der Waals surface area contributed by atoms with Crippen molar-refractivity contribution in [3.63, 3.8) is 0 Å². The molecule has 0 radical (unpaired) electrons. The van der Waals surface area contributed by atoms with Crippen molar-refractivity contribution < 1.29 is 19.0 Å². The molecule has 3 rings (SSSR count). The Bertz CT molecular complexity index is 752. The van der Waals surface area contributed by atoms with Crippen LogP contribution in [0.2, 0.25) is 0 Å². The minimum absolute atomic E-state index is 0.00170. The number of hydrogen-bond acceptors (Lipinski definition) is 5. The van der Waals surface area contributed by atoms with Crippen LogP contribution in [0.3, 0.4) is 0 Å². The molecule has 1 unspecified atom stereocenters. The summed E-state index contributed by atoms with van der Waals surface area (Å²) in [7, 11) is 0. The van der Waals surface area contributed by atoms with Crippen LogP contribution >= 0.6 is 0 Å². The van der Waals surface area contributed by atoms with Crippen molar-refractivity contribution in [1.82, 2.24) is 4.90 Å². The summed E-state index contributed by atoms with van der Waals surface area (Å²) in [6.07, 6.45) is 0.395. The average molecular weight is 383 g/mol. The van der Waals surface area contributed by atoms with Crippen LogP contribution in [0.25, 0.3) is 0 Å². The van der Waals surface area contributed by atoms with Gasteiger partial charge in [0.25, 0.3) is 0 Å². The van der Waals surface area contributed by atoms with Gasteiger partial charge in [-0.1, -0.05) is 30.3 Å². The van der Waals surface area contributed by atoms with Crippen molar-refractivity contribution >= 4 is 5.97 Å². The van der Waals surface area contributed by atoms with Crippen LogP contribution in [-0.4, -0.2) is 42.7 Å². The smallest absolute Gasteiger partial charge is 0.307 e. The number of ether oxygens (including phenoxy) is 3. The Balaban J connectivity index is 1.51. The maximum absolute atomic E-state index is 11.9. The quantitative estimate of drug-likeness (QED) is 0.683. The SMILES string of the molecule is CC(C)(C)OC(=O)CCN1CCOC(c2ccc(Oc3ccccc3)cc2)C1. The Hall–Kier alpha value is -2.37. The van der Waals surface area contributed by atoms with Gasteiger partial charge in [-0.05, 0) is 50.6 Å². The Morgan fingerprint density at radius 1 is 1.07 bits per heavy atom. The number of para-hydroxylation sites is 1. The molecule has 1 heterocycles. The first kappa shape index (κ1) is 20.4. The van der Waals surface area contributed by atoms with Gasteiger partial charge in [-0.25, -0.2) is 0 Å². The normalized spacial score (nSPS) is 17.9. The van der Waals surface area contributed by atoms with Crippen molar-refractivity contribution in [2.75, 3.05) is 26.2 Å². The van der Waals surface area contributed by atoms with E-state index >= 15 is 0 Å². The van der Waals surface area contributed by atoms with Crippen molar-refractivity contribution in [1.29, 1.82) is 0 Å². The van der Waals surface area contributed by atoms with Gasteiger partial charge in [0.1, 0.15) is 17.1 Å². The lowest BCUT2D eigenvalue weighted by Crippen LogP contribution is -2.39. The maximum Gasteiger partial charge on any atom is 0.307 e. The summed E-state index contributed by atoms with van der Waals surface area (Å²) < 4.78 is 17.2. The molecule has 1 saturated heterocycles. The summed E-state index contributed by atoms with van der Waals surface area (Å²) in [6, 6.07) is 17.7. The number of morpholine rings is 1. The first-order valence-electron chi connectivity index (χ1n) is 9.78. The molecule has 1 aliphatic heterocycles. The molecule has 5 heteroatoms. The number of carbonyl (C=O) groups is 1. The van der Waals surface area contributed by atoms with Gasteiger partial charge in [0.05, 0.1) is 19.1 Å². The molecule has 5 nitrogen and oxygen atoms in total. The number of esters is 1. The lowest BCUT2D eigenvalue weighted by molar-refractivity contribution is -0.155. The molecule has 0 spiro atoms. The zero-order chi connectivity index (χ0) is 20.0. The molecule has 0 bridgehead atoms. The topological polar surface area (TPSA) is 48.0 Å². The zero-order valence-corrected chi connectivity index (χ0v) is 16.9. The summed E-state index contributed by atoms with van der Waals surface area (Å²) in [6.45, 7) is 8.60. The third-order valence-corrected chi connectivity index (χ3v) is 4.43. The maximum atomic E-state index is 11.9. The molecule has 150 valence electrons. The second-order valence-electron chi connectivity index (χ2n) is 7.98. The number of benzene rings is 2. The van der Waals surface area contributed by atoms with Crippen LogP contribution in [0.5, 0.6) is 11.5 Å². The van der Waals surface area contributed by atoms with Gasteiger partial charge in [-0.2, -0.15) is 0 Å². The predicted octanol–water partition coefficient (Wildman–Crippen LogP) is 4.58. The Kier molecular flexibility index (Phi) is 6.70. The highest BCUT2D eigenvalue weighted by Gasteiger charge is 2.23. The van der Waals surface area contributed by atoms with Crippen LogP contribution < -0.4 is 4.74 Å². The standard InChI is InChI=1S/C23H29NO4/c1-23(2,3)28-22(25)13-14-24-15-16-26-21(17-24)18-9-11-20(12-10-18)27-19-7-5-4-6-8-19/h4-12,21H,13-17H2,1-3H3. The molecule has 28 heavy (non-hydrogen) atoms. The lowest BCUT2D eigenvalue weighted by atomic mass is 10.1. The van der Waals surface area contributed by atoms with Crippen molar-refractivity contribution in [2.24, 2.45) is 0 Å². The molecule has 2 aromatic carbocycles. The molecule has 0 aromatic heterocycles. The van der Waals surface area contributed by atoms with Crippen LogP contribution in [-0.2, 0) is 14.3 Å². The Labute approximate surface area is 167 Å². The lowest BCUT2D eigenvalue weighted by Gasteiger charge is -2.33. The van der Waals surface area contributed by atoms with E-state index in [9.17, 15) is 4.79 Å². The van der Waals surface area contributed by atoms with E-state index in [0.717, 1.165) is 30.2 Å². The second-order valence-corrected chi connectivity index (χ2v) is 7.98. The van der Waals surface area contributed by atoms with E-state index in [1.165, 1.54) is 0 Å². The van der Waals surface area contributed by atoms with Gasteiger partial charge in [0.15, 0.2) is 0 Å². The Morgan fingerprint density at radius 2 is 1.75 bits per heavy atom. The third kappa shape index (κ3) is 6.36. The summed E-state index contributed by atoms with van der Waals surface area (Å²) in [5.41, 5.74) is 0.677. The number of nitrogens with zero attached hydrogens (tertiary/aromatic N) is 1. The number of hydrogen-bond donors (Lipinski definition) is 0. The molecule has 1 fully saturated rings. The van der Waals surface area contributed by atoms with Crippen LogP contribution in [0.4, 0.5) is 0 Å². The zero-order valence-electron chi connectivity index (χ0n) is 16.9. The number of carbonyl (C=O) groups excluding carboxylic acids is 1. The van der Waals surface area contributed by atoms with Crippen LogP contribution in [0.15, 0.2) is 54.6 Å². The fourth-order valence-electron chi connectivity index (χ4n) is 3.12. The molecular formula is C23H29NO4. The third-order valence-electron chi connectivity index (χ3n) is 4.43. The van der Waals surface area contributed by atoms with Gasteiger partial charge in [-0.3, -0.25) is 9.69 Å². The van der Waals surface area contributed by atoms with Gasteiger partial charge < -0.3 is 14.2 Å². The van der Waals surface area contributed by atoms with Gasteiger partial charge in [-0.15, -0.1) is 0 Å². The van der Waals surface area contributed by atoms with Crippen LogP contribution in [0, 0.1) is 0 Å². The predicted molar refractivity (Wildman–Crippen MR) is 109 cm³/mol. The highest BCUT2D eigenvalue weighted by molar-refractivity contribution is 5.70. The molecule has 0 saturated carbocycles. The van der Waals surface area contributed by atoms with Gasteiger partial charge >= 0.3 is 5.97 Å². The molecule has 0 N–H and O–H groups in total. The van der Waals surface area contributed by atoms with Gasteiger partial charge in [0.2, 0.25) is 0 Å². The summed E-state index contributed by atoms with van der Waals surface area (Å²) >= 11 is 0. The molecule has 0 amide bonds. The molecule has 0 aliphatic carbocycles. The van der Waals surface area contributed by atoms with E-state index in [1.54, 1.807) is 0 Å². The van der Waals surface area contributed by atoms with Crippen molar-refractivity contribution in [2.45, 2.75) is 38.9 Å².